The molecule has 29 heavy (non-hydrogen) atoms. The molecule has 0 saturated carbocycles. The van der Waals surface area contributed by atoms with E-state index in [-0.39, 0.29) is 30.9 Å². The zero-order valence-corrected chi connectivity index (χ0v) is 17.5. The number of hydrogen-bond acceptors (Lipinski definition) is 4. The molecule has 4 amide bonds. The van der Waals surface area contributed by atoms with E-state index in [4.69, 9.17) is 4.74 Å². The van der Waals surface area contributed by atoms with Crippen molar-refractivity contribution in [3.05, 3.63) is 30.3 Å². The largest absolute Gasteiger partial charge is 0.444 e. The maximum atomic E-state index is 12.6. The van der Waals surface area contributed by atoms with Gasteiger partial charge in [0.25, 0.3) is 0 Å². The molecular formula is C21H32N4O4. The number of likely N-dealkylation sites (tertiary alicyclic amines) is 1. The summed E-state index contributed by atoms with van der Waals surface area (Å²) in [4.78, 5) is 38.2. The van der Waals surface area contributed by atoms with Crippen LogP contribution in [0, 0.1) is 0 Å². The van der Waals surface area contributed by atoms with Crippen molar-refractivity contribution in [1.29, 1.82) is 0 Å². The van der Waals surface area contributed by atoms with Crippen LogP contribution in [0.1, 0.15) is 46.5 Å². The molecular weight excluding hydrogens is 372 g/mol. The van der Waals surface area contributed by atoms with Crippen molar-refractivity contribution in [3.8, 4) is 0 Å². The average Bonchev–Trinajstić information content (AvgIpc) is 2.66. The topological polar surface area (TPSA) is 99.8 Å². The van der Waals surface area contributed by atoms with Crippen LogP contribution in [0.3, 0.4) is 0 Å². The van der Waals surface area contributed by atoms with Crippen LogP contribution in [0.5, 0.6) is 0 Å². The van der Waals surface area contributed by atoms with Gasteiger partial charge in [-0.15, -0.1) is 0 Å². The van der Waals surface area contributed by atoms with E-state index in [1.165, 1.54) is 0 Å². The summed E-state index contributed by atoms with van der Waals surface area (Å²) in [7, 11) is 0. The minimum absolute atomic E-state index is 0.0271. The molecule has 0 bridgehead atoms. The summed E-state index contributed by atoms with van der Waals surface area (Å²) in [6.45, 7) is 6.70. The number of amides is 4. The van der Waals surface area contributed by atoms with Crippen molar-refractivity contribution in [2.75, 3.05) is 25.0 Å². The number of para-hydroxylation sites is 1. The molecule has 0 aromatic heterocycles. The molecule has 1 aliphatic heterocycles. The van der Waals surface area contributed by atoms with Crippen molar-refractivity contribution in [2.45, 2.75) is 58.1 Å². The molecule has 8 nitrogen and oxygen atoms in total. The molecule has 1 atom stereocenters. The fourth-order valence-electron chi connectivity index (χ4n) is 3.18. The van der Waals surface area contributed by atoms with Crippen LogP contribution in [0.15, 0.2) is 30.3 Å². The standard InChI is InChI=1S/C21H32N4O4/c1-21(2,3)29-20(28)23-15-17-11-7-8-14-25(17)18(26)12-13-22-19(27)24-16-9-5-4-6-10-16/h4-6,9-10,17H,7-8,11-15H2,1-3H3,(H,23,28)(H2,22,24,27). The maximum Gasteiger partial charge on any atom is 0.407 e. The summed E-state index contributed by atoms with van der Waals surface area (Å²) in [5.74, 6) is -0.0271. The highest BCUT2D eigenvalue weighted by Gasteiger charge is 2.27. The molecule has 8 heteroatoms. The first-order valence-electron chi connectivity index (χ1n) is 10.1. The average molecular weight is 405 g/mol. The first-order chi connectivity index (χ1) is 13.7. The van der Waals surface area contributed by atoms with Gasteiger partial charge in [-0.3, -0.25) is 4.79 Å². The van der Waals surface area contributed by atoms with Gasteiger partial charge in [-0.1, -0.05) is 18.2 Å². The molecule has 0 spiro atoms. The Morgan fingerprint density at radius 3 is 2.52 bits per heavy atom. The number of urea groups is 1. The molecule has 3 N–H and O–H groups in total. The molecule has 160 valence electrons. The quantitative estimate of drug-likeness (QED) is 0.678. The number of anilines is 1. The van der Waals surface area contributed by atoms with E-state index < -0.39 is 11.7 Å². The predicted molar refractivity (Wildman–Crippen MR) is 112 cm³/mol. The van der Waals surface area contributed by atoms with Gasteiger partial charge in [0.1, 0.15) is 5.60 Å². The molecule has 2 rings (SSSR count). The Labute approximate surface area is 172 Å². The smallest absolute Gasteiger partial charge is 0.407 e. The highest BCUT2D eigenvalue weighted by Crippen LogP contribution is 2.18. The number of piperidine rings is 1. The van der Waals surface area contributed by atoms with Crippen LogP contribution in [-0.2, 0) is 9.53 Å². The molecule has 1 saturated heterocycles. The SMILES string of the molecule is CC(C)(C)OC(=O)NCC1CCCCN1C(=O)CCNC(=O)Nc1ccccc1. The second kappa shape index (κ2) is 10.7. The molecule has 0 radical (unpaired) electrons. The molecule has 1 unspecified atom stereocenters. The highest BCUT2D eigenvalue weighted by molar-refractivity contribution is 5.89. The predicted octanol–water partition coefficient (Wildman–Crippen LogP) is 3.10. The number of carbonyl (C=O) groups is 3. The van der Waals surface area contributed by atoms with E-state index in [1.54, 1.807) is 17.0 Å². The Morgan fingerprint density at radius 2 is 1.83 bits per heavy atom. The van der Waals surface area contributed by atoms with Gasteiger partial charge in [-0.2, -0.15) is 0 Å². The summed E-state index contributed by atoms with van der Waals surface area (Å²) >= 11 is 0. The van der Waals surface area contributed by atoms with Crippen molar-refractivity contribution in [3.63, 3.8) is 0 Å². The van der Waals surface area contributed by atoms with Crippen LogP contribution in [0.25, 0.3) is 0 Å². The van der Waals surface area contributed by atoms with E-state index in [2.05, 4.69) is 16.0 Å². The number of nitrogens with one attached hydrogen (secondary N) is 3. The summed E-state index contributed by atoms with van der Waals surface area (Å²) in [5.41, 5.74) is 0.138. The normalized spacial score (nSPS) is 16.7. The maximum absolute atomic E-state index is 12.6. The molecule has 1 aromatic carbocycles. The number of benzene rings is 1. The van der Waals surface area contributed by atoms with Crippen LogP contribution < -0.4 is 16.0 Å². The number of hydrogen-bond donors (Lipinski definition) is 3. The summed E-state index contributed by atoms with van der Waals surface area (Å²) in [5, 5.41) is 8.18. The van der Waals surface area contributed by atoms with Gasteiger partial charge in [-0.05, 0) is 52.2 Å². The highest BCUT2D eigenvalue weighted by atomic mass is 16.6. The number of rotatable bonds is 6. The first-order valence-corrected chi connectivity index (χ1v) is 10.1. The van der Waals surface area contributed by atoms with Gasteiger partial charge in [0.15, 0.2) is 0 Å². The van der Waals surface area contributed by atoms with Gasteiger partial charge < -0.3 is 25.6 Å². The minimum Gasteiger partial charge on any atom is -0.444 e. The lowest BCUT2D eigenvalue weighted by Crippen LogP contribution is -2.50. The Balaban J connectivity index is 1.75. The number of carbonyl (C=O) groups excluding carboxylic acids is 3. The summed E-state index contributed by atoms with van der Waals surface area (Å²) in [6, 6.07) is 8.73. The van der Waals surface area contributed by atoms with Crippen LogP contribution in [-0.4, -0.2) is 54.2 Å². The Kier molecular flexibility index (Phi) is 8.30. The fourth-order valence-corrected chi connectivity index (χ4v) is 3.18. The lowest BCUT2D eigenvalue weighted by Gasteiger charge is -2.36. The van der Waals surface area contributed by atoms with Crippen molar-refractivity contribution in [1.82, 2.24) is 15.5 Å². The fraction of sp³-hybridized carbons (Fsp3) is 0.571. The second-order valence-corrected chi connectivity index (χ2v) is 8.12. The molecule has 1 aliphatic rings. The monoisotopic (exact) mass is 404 g/mol. The van der Waals surface area contributed by atoms with E-state index >= 15 is 0 Å². The van der Waals surface area contributed by atoms with Crippen LogP contribution in [0.4, 0.5) is 15.3 Å². The van der Waals surface area contributed by atoms with Gasteiger partial charge in [0.2, 0.25) is 5.91 Å². The lowest BCUT2D eigenvalue weighted by molar-refractivity contribution is -0.134. The minimum atomic E-state index is -0.557. The third kappa shape index (κ3) is 8.41. The van der Waals surface area contributed by atoms with Gasteiger partial charge in [0, 0.05) is 37.8 Å². The summed E-state index contributed by atoms with van der Waals surface area (Å²) < 4.78 is 5.26. The van der Waals surface area contributed by atoms with Crippen molar-refractivity contribution < 1.29 is 19.1 Å². The molecule has 1 heterocycles. The zero-order valence-electron chi connectivity index (χ0n) is 17.5. The summed E-state index contributed by atoms with van der Waals surface area (Å²) in [6.07, 6.45) is 2.53. The number of ether oxygens (including phenoxy) is 1. The van der Waals surface area contributed by atoms with E-state index in [0.29, 0.717) is 18.8 Å². The number of nitrogens with zero attached hydrogens (tertiary/aromatic N) is 1. The van der Waals surface area contributed by atoms with E-state index in [0.717, 1.165) is 19.3 Å². The molecule has 1 fully saturated rings. The molecule has 1 aromatic rings. The third-order valence-corrected chi connectivity index (χ3v) is 4.48. The van der Waals surface area contributed by atoms with Gasteiger partial charge in [0.05, 0.1) is 0 Å². The van der Waals surface area contributed by atoms with Crippen LogP contribution in [0.2, 0.25) is 0 Å². The zero-order chi connectivity index (χ0) is 21.3. The third-order valence-electron chi connectivity index (χ3n) is 4.48. The Bertz CT molecular complexity index is 688. The second-order valence-electron chi connectivity index (χ2n) is 8.12. The number of alkyl carbamates (subject to hydrolysis) is 1. The van der Waals surface area contributed by atoms with E-state index in [9.17, 15) is 14.4 Å². The Morgan fingerprint density at radius 1 is 1.10 bits per heavy atom. The van der Waals surface area contributed by atoms with Crippen LogP contribution >= 0.6 is 0 Å². The van der Waals surface area contributed by atoms with Gasteiger partial charge >= 0.3 is 12.1 Å². The van der Waals surface area contributed by atoms with Crippen molar-refractivity contribution in [2.24, 2.45) is 0 Å². The lowest BCUT2D eigenvalue weighted by atomic mass is 10.0. The van der Waals surface area contributed by atoms with Crippen molar-refractivity contribution >= 4 is 23.7 Å². The first kappa shape index (κ1) is 22.5. The van der Waals surface area contributed by atoms with Gasteiger partial charge in [-0.25, -0.2) is 9.59 Å². The Hall–Kier alpha value is -2.77. The van der Waals surface area contributed by atoms with E-state index in [1.807, 2.05) is 39.0 Å². The molecule has 0 aliphatic carbocycles.